The van der Waals surface area contributed by atoms with Gasteiger partial charge in [-0.25, -0.2) is 0 Å². The highest BCUT2D eigenvalue weighted by molar-refractivity contribution is 14.1. The molecule has 0 atom stereocenters. The van der Waals surface area contributed by atoms with Crippen LogP contribution in [0.4, 0.5) is 5.69 Å². The van der Waals surface area contributed by atoms with Crippen molar-refractivity contribution in [3.8, 4) is 11.8 Å². The van der Waals surface area contributed by atoms with Gasteiger partial charge in [-0.2, -0.15) is 5.26 Å². The van der Waals surface area contributed by atoms with Crippen molar-refractivity contribution in [3.63, 3.8) is 0 Å². The third kappa shape index (κ3) is 5.08. The molecule has 0 saturated heterocycles. The van der Waals surface area contributed by atoms with E-state index in [-0.39, 0.29) is 12.3 Å². The fraction of sp³-hybridized carbons (Fsp3) is 0.125. The number of rotatable bonds is 5. The zero-order chi connectivity index (χ0) is 15.1. The van der Waals surface area contributed by atoms with Crippen LogP contribution >= 0.6 is 22.6 Å². The van der Waals surface area contributed by atoms with Gasteiger partial charge in [0.1, 0.15) is 5.75 Å². The molecule has 0 aliphatic carbocycles. The Hall–Kier alpha value is -2.07. The number of hydrogen-bond acceptors (Lipinski definition) is 3. The molecule has 1 N–H and O–H groups in total. The lowest BCUT2D eigenvalue weighted by atomic mass is 10.2. The van der Waals surface area contributed by atoms with Crippen molar-refractivity contribution in [3.05, 3.63) is 57.7 Å². The molecule has 0 aliphatic rings. The molecular weight excluding hydrogens is 379 g/mol. The summed E-state index contributed by atoms with van der Waals surface area (Å²) in [6.07, 6.45) is 0.253. The second-order valence-electron chi connectivity index (χ2n) is 4.29. The molecule has 0 aliphatic heterocycles. The Kier molecular flexibility index (Phi) is 5.58. The molecule has 2 aromatic carbocycles. The minimum atomic E-state index is -0.143. The van der Waals surface area contributed by atoms with Crippen molar-refractivity contribution in [2.45, 2.75) is 6.42 Å². The first-order valence-corrected chi connectivity index (χ1v) is 7.43. The Bertz CT molecular complexity index is 663. The van der Waals surface area contributed by atoms with Crippen LogP contribution in [-0.4, -0.2) is 12.5 Å². The van der Waals surface area contributed by atoms with Crippen LogP contribution in [0.15, 0.2) is 48.5 Å². The lowest BCUT2D eigenvalue weighted by Crippen LogP contribution is -2.15. The summed E-state index contributed by atoms with van der Waals surface area (Å²) < 4.78 is 6.63. The number of benzene rings is 2. The Balaban J connectivity index is 1.79. The number of nitrogens with zero attached hydrogens (tertiary/aromatic N) is 1. The standard InChI is InChI=1S/C16H13IN2O2/c17-13-4-6-15(7-5-13)21-9-8-16(20)19-14-3-1-2-12(10-14)11-18/h1-7,10H,8-9H2,(H,19,20). The summed E-state index contributed by atoms with van der Waals surface area (Å²) in [6.45, 7) is 0.310. The molecule has 2 aromatic rings. The van der Waals surface area contributed by atoms with Crippen LogP contribution < -0.4 is 10.1 Å². The average Bonchev–Trinajstić information content (AvgIpc) is 2.49. The predicted octanol–water partition coefficient (Wildman–Crippen LogP) is 3.57. The van der Waals surface area contributed by atoms with Crippen LogP contribution in [0.1, 0.15) is 12.0 Å². The quantitative estimate of drug-likeness (QED) is 0.792. The number of nitrogens with one attached hydrogen (secondary N) is 1. The van der Waals surface area contributed by atoms with E-state index in [0.717, 1.165) is 9.32 Å². The van der Waals surface area contributed by atoms with Crippen LogP contribution in [-0.2, 0) is 4.79 Å². The highest BCUT2D eigenvalue weighted by Crippen LogP contribution is 2.14. The number of carbonyl (C=O) groups is 1. The summed E-state index contributed by atoms with van der Waals surface area (Å²) in [5.74, 6) is 0.602. The Morgan fingerprint density at radius 2 is 2.00 bits per heavy atom. The van der Waals surface area contributed by atoms with Crippen LogP contribution in [0.5, 0.6) is 5.75 Å². The molecule has 0 saturated carbocycles. The lowest BCUT2D eigenvalue weighted by Gasteiger charge is -2.07. The summed E-state index contributed by atoms with van der Waals surface area (Å²) in [7, 11) is 0. The van der Waals surface area contributed by atoms with E-state index in [2.05, 4.69) is 27.9 Å². The third-order valence-corrected chi connectivity index (χ3v) is 3.41. The van der Waals surface area contributed by atoms with E-state index >= 15 is 0 Å². The molecule has 21 heavy (non-hydrogen) atoms. The summed E-state index contributed by atoms with van der Waals surface area (Å²) >= 11 is 2.22. The van der Waals surface area contributed by atoms with Gasteiger partial charge in [-0.15, -0.1) is 0 Å². The summed E-state index contributed by atoms with van der Waals surface area (Å²) in [5, 5.41) is 11.5. The van der Waals surface area contributed by atoms with Crippen molar-refractivity contribution in [2.24, 2.45) is 0 Å². The molecule has 5 heteroatoms. The molecule has 0 fully saturated rings. The molecule has 0 unspecified atom stereocenters. The topological polar surface area (TPSA) is 62.1 Å². The summed E-state index contributed by atoms with van der Waals surface area (Å²) in [6, 6.07) is 16.5. The van der Waals surface area contributed by atoms with Gasteiger partial charge in [-0.05, 0) is 65.1 Å². The predicted molar refractivity (Wildman–Crippen MR) is 89.1 cm³/mol. The van der Waals surface area contributed by atoms with Gasteiger partial charge in [0.2, 0.25) is 5.91 Å². The molecule has 106 valence electrons. The van der Waals surface area contributed by atoms with E-state index < -0.39 is 0 Å². The first-order chi connectivity index (χ1) is 10.2. The first kappa shape index (κ1) is 15.3. The molecule has 1 amide bonds. The van der Waals surface area contributed by atoms with E-state index in [1.807, 2.05) is 30.3 Å². The Morgan fingerprint density at radius 3 is 2.71 bits per heavy atom. The van der Waals surface area contributed by atoms with Crippen molar-refractivity contribution in [1.29, 1.82) is 5.26 Å². The van der Waals surface area contributed by atoms with Crippen LogP contribution in [0.25, 0.3) is 0 Å². The van der Waals surface area contributed by atoms with Crippen molar-refractivity contribution in [2.75, 3.05) is 11.9 Å². The first-order valence-electron chi connectivity index (χ1n) is 6.36. The van der Waals surface area contributed by atoms with Gasteiger partial charge >= 0.3 is 0 Å². The number of amides is 1. The number of hydrogen-bond donors (Lipinski definition) is 1. The molecule has 0 radical (unpaired) electrons. The molecule has 0 spiro atoms. The highest BCUT2D eigenvalue weighted by atomic mass is 127. The Morgan fingerprint density at radius 1 is 1.24 bits per heavy atom. The van der Waals surface area contributed by atoms with Crippen LogP contribution in [0, 0.1) is 14.9 Å². The summed E-state index contributed by atoms with van der Waals surface area (Å²) in [5.41, 5.74) is 1.14. The molecule has 2 rings (SSSR count). The molecule has 0 aromatic heterocycles. The number of anilines is 1. The monoisotopic (exact) mass is 392 g/mol. The minimum Gasteiger partial charge on any atom is -0.493 e. The number of nitriles is 1. The fourth-order valence-corrected chi connectivity index (χ4v) is 2.04. The van der Waals surface area contributed by atoms with Gasteiger partial charge in [0.25, 0.3) is 0 Å². The van der Waals surface area contributed by atoms with Gasteiger partial charge in [0, 0.05) is 9.26 Å². The molecular formula is C16H13IN2O2. The van der Waals surface area contributed by atoms with Crippen molar-refractivity contribution in [1.82, 2.24) is 0 Å². The maximum atomic E-state index is 11.8. The van der Waals surface area contributed by atoms with E-state index in [1.54, 1.807) is 24.3 Å². The van der Waals surface area contributed by atoms with Gasteiger partial charge in [-0.1, -0.05) is 6.07 Å². The average molecular weight is 392 g/mol. The zero-order valence-corrected chi connectivity index (χ0v) is 13.3. The maximum absolute atomic E-state index is 11.8. The minimum absolute atomic E-state index is 0.143. The van der Waals surface area contributed by atoms with E-state index in [4.69, 9.17) is 10.00 Å². The maximum Gasteiger partial charge on any atom is 0.227 e. The summed E-state index contributed by atoms with van der Waals surface area (Å²) in [4.78, 5) is 11.8. The number of halogens is 1. The fourth-order valence-electron chi connectivity index (χ4n) is 1.68. The smallest absolute Gasteiger partial charge is 0.227 e. The molecule has 0 heterocycles. The van der Waals surface area contributed by atoms with Crippen molar-refractivity contribution < 1.29 is 9.53 Å². The van der Waals surface area contributed by atoms with Crippen LogP contribution in [0.3, 0.4) is 0 Å². The molecule has 4 nitrogen and oxygen atoms in total. The van der Waals surface area contributed by atoms with Gasteiger partial charge < -0.3 is 10.1 Å². The third-order valence-electron chi connectivity index (χ3n) is 2.69. The second-order valence-corrected chi connectivity index (χ2v) is 5.54. The number of carbonyl (C=O) groups excluding carboxylic acids is 1. The zero-order valence-electron chi connectivity index (χ0n) is 11.2. The van der Waals surface area contributed by atoms with Gasteiger partial charge in [-0.3, -0.25) is 4.79 Å². The Labute approximate surface area is 136 Å². The van der Waals surface area contributed by atoms with Gasteiger partial charge in [0.15, 0.2) is 0 Å². The van der Waals surface area contributed by atoms with E-state index in [0.29, 0.717) is 17.9 Å². The second kappa shape index (κ2) is 7.64. The largest absolute Gasteiger partial charge is 0.493 e. The lowest BCUT2D eigenvalue weighted by molar-refractivity contribution is -0.116. The number of ether oxygens (including phenoxy) is 1. The van der Waals surface area contributed by atoms with Crippen LogP contribution in [0.2, 0.25) is 0 Å². The van der Waals surface area contributed by atoms with Gasteiger partial charge in [0.05, 0.1) is 24.7 Å². The molecule has 0 bridgehead atoms. The van der Waals surface area contributed by atoms with E-state index in [1.165, 1.54) is 0 Å². The highest BCUT2D eigenvalue weighted by Gasteiger charge is 2.04. The van der Waals surface area contributed by atoms with E-state index in [9.17, 15) is 4.79 Å². The normalized spacial score (nSPS) is 9.71. The van der Waals surface area contributed by atoms with Crippen molar-refractivity contribution >= 4 is 34.2 Å². The SMILES string of the molecule is N#Cc1cccc(NC(=O)CCOc2ccc(I)cc2)c1.